The van der Waals surface area contributed by atoms with Gasteiger partial charge in [-0.25, -0.2) is 0 Å². The molecule has 2 rings (SSSR count). The topological polar surface area (TPSA) is 29.1 Å². The van der Waals surface area contributed by atoms with E-state index in [4.69, 9.17) is 0 Å². The van der Waals surface area contributed by atoms with E-state index >= 15 is 0 Å². The normalized spacial score (nSPS) is 10.6. The lowest BCUT2D eigenvalue weighted by Gasteiger charge is -2.06. The van der Waals surface area contributed by atoms with Crippen molar-refractivity contribution in [2.75, 3.05) is 11.9 Å². The zero-order valence-corrected chi connectivity index (χ0v) is 11.0. The number of hydrogen-bond acceptors (Lipinski definition) is 2. The Labute approximate surface area is 113 Å². The largest absolute Gasteiger partial charge is 0.385 e. The van der Waals surface area contributed by atoms with Crippen molar-refractivity contribution >= 4 is 17.5 Å². The lowest BCUT2D eigenvalue weighted by Crippen LogP contribution is -1.98. The molecule has 0 amide bonds. The van der Waals surface area contributed by atoms with E-state index in [0.29, 0.717) is 5.56 Å². The maximum Gasteiger partial charge on any atom is 0.185 e. The second kappa shape index (κ2) is 6.55. The van der Waals surface area contributed by atoms with Crippen molar-refractivity contribution in [3.8, 4) is 0 Å². The maximum absolute atomic E-state index is 12.0. The number of ketones is 1. The van der Waals surface area contributed by atoms with Crippen LogP contribution >= 0.6 is 0 Å². The molecule has 0 bridgehead atoms. The van der Waals surface area contributed by atoms with Crippen molar-refractivity contribution in [2.45, 2.75) is 6.92 Å². The summed E-state index contributed by atoms with van der Waals surface area (Å²) >= 11 is 0. The van der Waals surface area contributed by atoms with Crippen LogP contribution in [-0.4, -0.2) is 12.3 Å². The van der Waals surface area contributed by atoms with Gasteiger partial charge in [0.2, 0.25) is 0 Å². The van der Waals surface area contributed by atoms with Crippen LogP contribution in [0.15, 0.2) is 60.7 Å². The van der Waals surface area contributed by atoms with E-state index in [1.807, 2.05) is 60.7 Å². The molecule has 1 N–H and O–H groups in total. The molecule has 96 valence electrons. The van der Waals surface area contributed by atoms with Gasteiger partial charge in [-0.05, 0) is 30.7 Å². The Kier molecular flexibility index (Phi) is 4.51. The minimum Gasteiger partial charge on any atom is -0.385 e. The van der Waals surface area contributed by atoms with E-state index in [9.17, 15) is 4.79 Å². The summed E-state index contributed by atoms with van der Waals surface area (Å²) in [7, 11) is 0. The second-order valence-corrected chi connectivity index (χ2v) is 4.18. The van der Waals surface area contributed by atoms with Crippen LogP contribution in [0.1, 0.15) is 22.8 Å². The Morgan fingerprint density at radius 3 is 2.47 bits per heavy atom. The first-order valence-corrected chi connectivity index (χ1v) is 6.41. The molecule has 0 radical (unpaired) electrons. The summed E-state index contributed by atoms with van der Waals surface area (Å²) in [6.07, 6.45) is 3.47. The molecule has 0 fully saturated rings. The minimum atomic E-state index is 0.0203. The third kappa shape index (κ3) is 3.55. The summed E-state index contributed by atoms with van der Waals surface area (Å²) in [5.74, 6) is 0.0203. The van der Waals surface area contributed by atoms with Crippen LogP contribution in [0.25, 0.3) is 6.08 Å². The summed E-state index contributed by atoms with van der Waals surface area (Å²) in [4.78, 5) is 12.0. The first kappa shape index (κ1) is 13.1. The average molecular weight is 251 g/mol. The monoisotopic (exact) mass is 251 g/mol. The average Bonchev–Trinajstić information content (AvgIpc) is 2.47. The number of nitrogens with one attached hydrogen (secondary N) is 1. The van der Waals surface area contributed by atoms with Crippen molar-refractivity contribution in [3.05, 3.63) is 71.8 Å². The van der Waals surface area contributed by atoms with Crippen LogP contribution in [0.4, 0.5) is 5.69 Å². The van der Waals surface area contributed by atoms with Gasteiger partial charge < -0.3 is 5.32 Å². The Hall–Kier alpha value is -2.35. The Bertz CT molecular complexity index is 573. The van der Waals surface area contributed by atoms with E-state index in [1.54, 1.807) is 6.08 Å². The summed E-state index contributed by atoms with van der Waals surface area (Å²) in [6.45, 7) is 2.91. The Morgan fingerprint density at radius 2 is 1.74 bits per heavy atom. The van der Waals surface area contributed by atoms with Gasteiger partial charge in [-0.3, -0.25) is 4.79 Å². The van der Waals surface area contributed by atoms with Gasteiger partial charge in [0.15, 0.2) is 5.78 Å². The molecule has 2 nitrogen and oxygen atoms in total. The van der Waals surface area contributed by atoms with Crippen LogP contribution in [0.3, 0.4) is 0 Å². The van der Waals surface area contributed by atoms with Crippen molar-refractivity contribution < 1.29 is 4.79 Å². The summed E-state index contributed by atoms with van der Waals surface area (Å²) in [5, 5.41) is 3.28. The number of benzene rings is 2. The molecule has 0 aliphatic heterocycles. The SMILES string of the molecule is CCNc1ccccc1C=CC(=O)c1ccccc1. The fourth-order valence-corrected chi connectivity index (χ4v) is 1.86. The van der Waals surface area contributed by atoms with Crippen LogP contribution in [-0.2, 0) is 0 Å². The fraction of sp³-hybridized carbons (Fsp3) is 0.118. The van der Waals surface area contributed by atoms with Gasteiger partial charge in [-0.2, -0.15) is 0 Å². The highest BCUT2D eigenvalue weighted by Gasteiger charge is 2.01. The van der Waals surface area contributed by atoms with E-state index < -0.39 is 0 Å². The van der Waals surface area contributed by atoms with Gasteiger partial charge in [0.05, 0.1) is 0 Å². The first-order valence-electron chi connectivity index (χ1n) is 6.41. The summed E-state index contributed by atoms with van der Waals surface area (Å²) in [6, 6.07) is 17.2. The number of allylic oxidation sites excluding steroid dienone is 1. The molecule has 0 aromatic heterocycles. The molecular formula is C17H17NO. The zero-order chi connectivity index (χ0) is 13.5. The van der Waals surface area contributed by atoms with E-state index in [2.05, 4.69) is 12.2 Å². The van der Waals surface area contributed by atoms with Crippen LogP contribution in [0.2, 0.25) is 0 Å². The van der Waals surface area contributed by atoms with Crippen molar-refractivity contribution in [2.24, 2.45) is 0 Å². The molecular weight excluding hydrogens is 234 g/mol. The van der Waals surface area contributed by atoms with Crippen LogP contribution < -0.4 is 5.32 Å². The van der Waals surface area contributed by atoms with Gasteiger partial charge in [0.1, 0.15) is 0 Å². The highest BCUT2D eigenvalue weighted by Crippen LogP contribution is 2.16. The number of carbonyl (C=O) groups is 1. The highest BCUT2D eigenvalue weighted by atomic mass is 16.1. The zero-order valence-electron chi connectivity index (χ0n) is 11.0. The second-order valence-electron chi connectivity index (χ2n) is 4.18. The summed E-state index contributed by atoms with van der Waals surface area (Å²) in [5.41, 5.74) is 2.77. The Morgan fingerprint density at radius 1 is 1.05 bits per heavy atom. The molecule has 2 aromatic rings. The summed E-state index contributed by atoms with van der Waals surface area (Å²) < 4.78 is 0. The van der Waals surface area contributed by atoms with Gasteiger partial charge >= 0.3 is 0 Å². The predicted molar refractivity (Wildman–Crippen MR) is 80.4 cm³/mol. The number of rotatable bonds is 5. The van der Waals surface area contributed by atoms with Gasteiger partial charge in [-0.1, -0.05) is 48.5 Å². The lowest BCUT2D eigenvalue weighted by atomic mass is 10.1. The third-order valence-electron chi connectivity index (χ3n) is 2.80. The van der Waals surface area contributed by atoms with Gasteiger partial charge in [-0.15, -0.1) is 0 Å². The molecule has 0 spiro atoms. The Balaban J connectivity index is 2.17. The van der Waals surface area contributed by atoms with Crippen LogP contribution in [0.5, 0.6) is 0 Å². The van der Waals surface area contributed by atoms with Gasteiger partial charge in [0.25, 0.3) is 0 Å². The minimum absolute atomic E-state index is 0.0203. The fourth-order valence-electron chi connectivity index (χ4n) is 1.86. The first-order chi connectivity index (χ1) is 9.31. The third-order valence-corrected chi connectivity index (χ3v) is 2.80. The van der Waals surface area contributed by atoms with Crippen LogP contribution in [0, 0.1) is 0 Å². The molecule has 0 aliphatic rings. The molecule has 0 atom stereocenters. The molecule has 0 unspecified atom stereocenters. The molecule has 0 saturated heterocycles. The standard InChI is InChI=1S/C17H17NO/c1-2-18-16-11-7-6-8-14(16)12-13-17(19)15-9-4-3-5-10-15/h3-13,18H,2H2,1H3. The van der Waals surface area contributed by atoms with E-state index in [-0.39, 0.29) is 5.78 Å². The molecule has 2 aromatic carbocycles. The number of carbonyl (C=O) groups excluding carboxylic acids is 1. The lowest BCUT2D eigenvalue weighted by molar-refractivity contribution is 0.104. The predicted octanol–water partition coefficient (Wildman–Crippen LogP) is 4.01. The van der Waals surface area contributed by atoms with Crippen molar-refractivity contribution in [1.82, 2.24) is 0 Å². The maximum atomic E-state index is 12.0. The number of hydrogen-bond donors (Lipinski definition) is 1. The number of anilines is 1. The molecule has 0 saturated carbocycles. The van der Waals surface area contributed by atoms with E-state index in [0.717, 1.165) is 17.8 Å². The molecule has 0 heterocycles. The number of para-hydroxylation sites is 1. The van der Waals surface area contributed by atoms with Crippen molar-refractivity contribution in [3.63, 3.8) is 0 Å². The molecule has 0 aliphatic carbocycles. The smallest absolute Gasteiger partial charge is 0.185 e. The molecule has 19 heavy (non-hydrogen) atoms. The van der Waals surface area contributed by atoms with Gasteiger partial charge in [0, 0.05) is 17.8 Å². The van der Waals surface area contributed by atoms with E-state index in [1.165, 1.54) is 0 Å². The van der Waals surface area contributed by atoms with Crippen molar-refractivity contribution in [1.29, 1.82) is 0 Å². The quantitative estimate of drug-likeness (QED) is 0.642. The molecule has 2 heteroatoms. The highest BCUT2D eigenvalue weighted by molar-refractivity contribution is 6.07.